The highest BCUT2D eigenvalue weighted by atomic mass is 32.2. The molecule has 6 atom stereocenters. The lowest BCUT2D eigenvalue weighted by Crippen LogP contribution is -2.60. The van der Waals surface area contributed by atoms with E-state index in [4.69, 9.17) is 4.74 Å². The summed E-state index contributed by atoms with van der Waals surface area (Å²) >= 11 is 1.68. The van der Waals surface area contributed by atoms with E-state index in [1.807, 2.05) is 45.0 Å². The number of aliphatic hydroxyl groups excluding tert-OH is 1. The van der Waals surface area contributed by atoms with E-state index in [-0.39, 0.29) is 40.9 Å². The molecule has 1 aromatic rings. The maximum atomic E-state index is 14.2. The summed E-state index contributed by atoms with van der Waals surface area (Å²) in [5.74, 6) is -0.655. The molecule has 222 valence electrons. The van der Waals surface area contributed by atoms with E-state index in [2.05, 4.69) is 38.3 Å². The Bertz CT molecular complexity index is 1100. The molecule has 3 aliphatic heterocycles. The fourth-order valence-electron chi connectivity index (χ4n) is 7.55. The minimum Gasteiger partial charge on any atom is -0.494 e. The minimum absolute atomic E-state index is 0.0157. The summed E-state index contributed by atoms with van der Waals surface area (Å²) in [6.45, 7) is 15.6. The number of unbranched alkanes of at least 4 members (excludes halogenated alkanes) is 1. The Hall–Kier alpha value is -2.26. The summed E-state index contributed by atoms with van der Waals surface area (Å²) in [4.78, 5) is 43.9. The van der Waals surface area contributed by atoms with Crippen molar-refractivity contribution in [2.75, 3.05) is 25.1 Å². The molecule has 3 N–H and O–H groups in total. The monoisotopic (exact) mass is 573 g/mol. The Labute approximate surface area is 243 Å². The second-order valence-corrected chi connectivity index (χ2v) is 15.1. The molecule has 1 aromatic carbocycles. The molecule has 0 aromatic heterocycles. The van der Waals surface area contributed by atoms with E-state index in [0.717, 1.165) is 18.6 Å². The standard InChI is InChI=1S/C31H47N3O5S/c1-8-39-21-13-11-20(12-14-21)32-26(36)23-22-17-19(2)31(40-22)24(23)28(38)34(15-9-10-16-35)25(31)27(37)33-30(6,7)18-29(3,4)5/h11-14,19,22-25,35H,8-10,15-18H2,1-7H3,(H,32,36)(H,33,37)/t19?,22-,23+,24+,25?,31?/m1/s1. The smallest absolute Gasteiger partial charge is 0.244 e. The van der Waals surface area contributed by atoms with Crippen molar-refractivity contribution < 1.29 is 24.2 Å². The largest absolute Gasteiger partial charge is 0.494 e. The average Bonchev–Trinajstić information content (AvgIpc) is 3.42. The Balaban J connectivity index is 1.63. The number of aliphatic hydroxyl groups is 1. The first-order valence-corrected chi connectivity index (χ1v) is 15.6. The second-order valence-electron chi connectivity index (χ2n) is 13.6. The summed E-state index contributed by atoms with van der Waals surface area (Å²) in [5.41, 5.74) is 0.215. The predicted octanol–water partition coefficient (Wildman–Crippen LogP) is 4.46. The molecule has 0 aliphatic carbocycles. The van der Waals surface area contributed by atoms with Crippen molar-refractivity contribution in [1.29, 1.82) is 0 Å². The Morgan fingerprint density at radius 1 is 1.12 bits per heavy atom. The molecule has 9 heteroatoms. The van der Waals surface area contributed by atoms with Crippen LogP contribution in [0, 0.1) is 23.2 Å². The van der Waals surface area contributed by atoms with E-state index in [1.54, 1.807) is 16.7 Å². The highest BCUT2D eigenvalue weighted by Gasteiger charge is 2.76. The minimum atomic E-state index is -0.663. The summed E-state index contributed by atoms with van der Waals surface area (Å²) in [6, 6.07) is 6.61. The molecule has 3 fully saturated rings. The number of carbonyl (C=O) groups excluding carboxylic acids is 3. The van der Waals surface area contributed by atoms with Gasteiger partial charge in [-0.25, -0.2) is 0 Å². The lowest BCUT2D eigenvalue weighted by molar-refractivity contribution is -0.139. The number of nitrogens with zero attached hydrogens (tertiary/aromatic N) is 1. The van der Waals surface area contributed by atoms with E-state index < -0.39 is 28.2 Å². The lowest BCUT2D eigenvalue weighted by atomic mass is 9.65. The van der Waals surface area contributed by atoms with Crippen molar-refractivity contribution >= 4 is 35.2 Å². The molecule has 2 bridgehead atoms. The van der Waals surface area contributed by atoms with Gasteiger partial charge in [-0.2, -0.15) is 0 Å². The average molecular weight is 574 g/mol. The van der Waals surface area contributed by atoms with Gasteiger partial charge in [0, 0.05) is 29.6 Å². The van der Waals surface area contributed by atoms with Crippen molar-refractivity contribution in [3.05, 3.63) is 24.3 Å². The number of benzene rings is 1. The first kappa shape index (κ1) is 30.7. The van der Waals surface area contributed by atoms with Crippen molar-refractivity contribution in [2.24, 2.45) is 23.2 Å². The molecule has 3 aliphatic rings. The first-order chi connectivity index (χ1) is 18.7. The van der Waals surface area contributed by atoms with Crippen LogP contribution in [0.2, 0.25) is 0 Å². The number of hydrogen-bond donors (Lipinski definition) is 3. The van der Waals surface area contributed by atoms with Gasteiger partial charge in [-0.3, -0.25) is 14.4 Å². The van der Waals surface area contributed by atoms with Gasteiger partial charge < -0.3 is 25.4 Å². The topological polar surface area (TPSA) is 108 Å². The van der Waals surface area contributed by atoms with Gasteiger partial charge in [-0.15, -0.1) is 11.8 Å². The van der Waals surface area contributed by atoms with Gasteiger partial charge in [0.2, 0.25) is 17.7 Å². The molecular weight excluding hydrogens is 526 g/mol. The predicted molar refractivity (Wildman–Crippen MR) is 159 cm³/mol. The van der Waals surface area contributed by atoms with Crippen LogP contribution in [0.5, 0.6) is 5.75 Å². The normalized spacial score (nSPS) is 29.4. The number of nitrogens with one attached hydrogen (secondary N) is 2. The first-order valence-electron chi connectivity index (χ1n) is 14.7. The van der Waals surface area contributed by atoms with E-state index in [1.165, 1.54) is 0 Å². The summed E-state index contributed by atoms with van der Waals surface area (Å²) in [7, 11) is 0. The van der Waals surface area contributed by atoms with Crippen LogP contribution in [-0.4, -0.2) is 69.1 Å². The van der Waals surface area contributed by atoms with Crippen molar-refractivity contribution in [1.82, 2.24) is 10.2 Å². The Morgan fingerprint density at radius 2 is 1.80 bits per heavy atom. The number of rotatable bonds is 11. The molecule has 3 saturated heterocycles. The van der Waals surface area contributed by atoms with Crippen LogP contribution in [-0.2, 0) is 14.4 Å². The van der Waals surface area contributed by atoms with Crippen LogP contribution < -0.4 is 15.4 Å². The zero-order valence-electron chi connectivity index (χ0n) is 25.1. The van der Waals surface area contributed by atoms with Crippen LogP contribution in [0.25, 0.3) is 0 Å². The quantitative estimate of drug-likeness (QED) is 0.337. The van der Waals surface area contributed by atoms with Crippen LogP contribution in [0.15, 0.2) is 24.3 Å². The molecule has 1 spiro atoms. The number of fused-ring (bicyclic) bond motifs is 1. The molecule has 3 heterocycles. The van der Waals surface area contributed by atoms with E-state index in [0.29, 0.717) is 31.7 Å². The molecule has 3 unspecified atom stereocenters. The number of carbonyl (C=O) groups is 3. The number of thioether (sulfide) groups is 1. The highest BCUT2D eigenvalue weighted by molar-refractivity contribution is 8.02. The van der Waals surface area contributed by atoms with Gasteiger partial charge in [0.1, 0.15) is 11.8 Å². The lowest BCUT2D eigenvalue weighted by Gasteiger charge is -2.41. The van der Waals surface area contributed by atoms with Crippen LogP contribution in [0.3, 0.4) is 0 Å². The maximum absolute atomic E-state index is 14.2. The molecule has 0 saturated carbocycles. The number of ether oxygens (including phenoxy) is 1. The van der Waals surface area contributed by atoms with Crippen LogP contribution in [0.4, 0.5) is 5.69 Å². The molecule has 8 nitrogen and oxygen atoms in total. The van der Waals surface area contributed by atoms with Crippen molar-refractivity contribution in [3.8, 4) is 5.75 Å². The summed E-state index contributed by atoms with van der Waals surface area (Å²) in [6.07, 6.45) is 2.73. The van der Waals surface area contributed by atoms with Crippen LogP contribution in [0.1, 0.15) is 74.1 Å². The van der Waals surface area contributed by atoms with Gasteiger partial charge in [-0.05, 0) is 82.1 Å². The summed E-state index contributed by atoms with van der Waals surface area (Å²) < 4.78 is 4.85. The molecule has 4 rings (SSSR count). The van der Waals surface area contributed by atoms with E-state index in [9.17, 15) is 19.5 Å². The van der Waals surface area contributed by atoms with E-state index >= 15 is 0 Å². The van der Waals surface area contributed by atoms with Gasteiger partial charge >= 0.3 is 0 Å². The zero-order chi connectivity index (χ0) is 29.5. The molecule has 0 radical (unpaired) electrons. The molecule has 3 amide bonds. The third-order valence-electron chi connectivity index (χ3n) is 8.47. The number of likely N-dealkylation sites (tertiary alicyclic amines) is 1. The van der Waals surface area contributed by atoms with Crippen LogP contribution >= 0.6 is 11.8 Å². The fourth-order valence-corrected chi connectivity index (χ4v) is 9.98. The molecular formula is C31H47N3O5S. The van der Waals surface area contributed by atoms with Gasteiger partial charge in [0.15, 0.2) is 0 Å². The number of anilines is 1. The van der Waals surface area contributed by atoms with Crippen molar-refractivity contribution in [2.45, 2.75) is 95.7 Å². The van der Waals surface area contributed by atoms with Gasteiger partial charge in [0.05, 0.1) is 23.2 Å². The zero-order valence-corrected chi connectivity index (χ0v) is 25.9. The number of hydrogen-bond acceptors (Lipinski definition) is 6. The van der Waals surface area contributed by atoms with Gasteiger partial charge in [-0.1, -0.05) is 27.7 Å². The Morgan fingerprint density at radius 3 is 2.40 bits per heavy atom. The SMILES string of the molecule is CCOc1ccc(NC(=O)[C@@H]2[C@H]3C(=O)N(CCCCO)C(C(=O)NC(C)(C)CC(C)(C)C)C34S[C@@H]2CC4C)cc1. The third-order valence-corrected chi connectivity index (χ3v) is 10.5. The summed E-state index contributed by atoms with van der Waals surface area (Å²) in [5, 5.41) is 15.7. The second kappa shape index (κ2) is 11.6. The third kappa shape index (κ3) is 5.87. The fraction of sp³-hybridized carbons (Fsp3) is 0.710. The number of amides is 3. The highest BCUT2D eigenvalue weighted by Crippen LogP contribution is 2.68. The Kier molecular flexibility index (Phi) is 8.86. The van der Waals surface area contributed by atoms with Crippen molar-refractivity contribution in [3.63, 3.8) is 0 Å². The maximum Gasteiger partial charge on any atom is 0.244 e. The molecule has 40 heavy (non-hydrogen) atoms. The van der Waals surface area contributed by atoms with Gasteiger partial charge in [0.25, 0.3) is 0 Å².